The molecule has 0 saturated carbocycles. The molecule has 4 N–H and O–H groups in total. The number of para-hydroxylation sites is 1. The van der Waals surface area contributed by atoms with Crippen LogP contribution in [0.2, 0.25) is 0 Å². The molecule has 0 saturated heterocycles. The average Bonchev–Trinajstić information content (AvgIpc) is 3.15. The second-order valence-electron chi connectivity index (χ2n) is 8.59. The number of rotatable bonds is 11. The Balaban J connectivity index is 1.74. The number of H-pyrrole nitrogens is 1. The van der Waals surface area contributed by atoms with Gasteiger partial charge in [0.25, 0.3) is 0 Å². The summed E-state index contributed by atoms with van der Waals surface area (Å²) in [5.74, 6) is -1.83. The van der Waals surface area contributed by atoms with Gasteiger partial charge in [-0.05, 0) is 29.5 Å². The molecule has 2 aromatic carbocycles. The molecule has 1 amide bonds. The molecule has 176 valence electrons. The summed E-state index contributed by atoms with van der Waals surface area (Å²) >= 11 is 0. The Morgan fingerprint density at radius 2 is 1.73 bits per heavy atom. The Hall–Kier alpha value is -2.93. The molecule has 8 nitrogen and oxygen atoms in total. The van der Waals surface area contributed by atoms with E-state index in [1.54, 1.807) is 36.5 Å². The second-order valence-corrected chi connectivity index (χ2v) is 10.5. The number of carbonyl (C=O) groups excluding carboxylic acids is 1. The van der Waals surface area contributed by atoms with Crippen LogP contribution < -0.4 is 15.3 Å². The average molecular weight is 470 g/mol. The SMILES string of the molecule is CC(C)C[C@H](NP(=O)([O-])Cc1ccccc1)C(=O)N[C@@H](Cc1c[nH]c2ccccc12)C(=O)O. The summed E-state index contributed by atoms with van der Waals surface area (Å²) in [5, 5.41) is 15.6. The van der Waals surface area contributed by atoms with Crippen LogP contribution >= 0.6 is 7.52 Å². The number of hydrogen-bond acceptors (Lipinski definition) is 4. The summed E-state index contributed by atoms with van der Waals surface area (Å²) in [6.07, 6.45) is 1.79. The molecule has 1 heterocycles. The molecule has 1 aromatic heterocycles. The fourth-order valence-corrected chi connectivity index (χ4v) is 5.27. The standard InChI is InChI=1S/C24H30N3O5P/c1-16(2)12-21(27-33(31,32)15-17-8-4-3-5-9-17)23(28)26-22(24(29)30)13-18-14-25-20-11-7-6-10-19(18)20/h3-11,14,16,21-22,25H,12-13,15H2,1-2H3,(H,26,28)(H,29,30)(H2,27,31,32)/p-1/t21-,22-/m0/s1. The van der Waals surface area contributed by atoms with Gasteiger partial charge in [-0.25, -0.2) is 4.79 Å². The first kappa shape index (κ1) is 24.7. The molecule has 0 spiro atoms. The number of aromatic nitrogens is 1. The van der Waals surface area contributed by atoms with Crippen LogP contribution in [0.5, 0.6) is 0 Å². The third kappa shape index (κ3) is 7.02. The number of carboxylic acid groups (broad SMARTS) is 1. The first-order chi connectivity index (χ1) is 15.6. The largest absolute Gasteiger partial charge is 0.788 e. The Kier molecular flexibility index (Phi) is 8.08. The van der Waals surface area contributed by atoms with Crippen LogP contribution in [0.15, 0.2) is 60.8 Å². The molecule has 3 atom stereocenters. The molecule has 3 aromatic rings. The molecule has 0 aliphatic rings. The van der Waals surface area contributed by atoms with Crippen molar-refractivity contribution in [2.75, 3.05) is 0 Å². The lowest BCUT2D eigenvalue weighted by Crippen LogP contribution is -2.51. The quantitative estimate of drug-likeness (QED) is 0.318. The van der Waals surface area contributed by atoms with Crippen molar-refractivity contribution in [3.63, 3.8) is 0 Å². The topological polar surface area (TPSA) is 134 Å². The monoisotopic (exact) mass is 470 g/mol. The molecule has 1 unspecified atom stereocenters. The molecule has 0 fully saturated rings. The zero-order valence-corrected chi connectivity index (χ0v) is 19.5. The summed E-state index contributed by atoms with van der Waals surface area (Å²) < 4.78 is 12.7. The highest BCUT2D eigenvalue weighted by Gasteiger charge is 2.29. The zero-order valence-electron chi connectivity index (χ0n) is 18.7. The van der Waals surface area contributed by atoms with Crippen molar-refractivity contribution in [1.82, 2.24) is 15.4 Å². The maximum Gasteiger partial charge on any atom is 0.326 e. The molecular formula is C24H29N3O5P-. The normalized spacial score (nSPS) is 15.2. The fourth-order valence-electron chi connectivity index (χ4n) is 3.79. The van der Waals surface area contributed by atoms with Gasteiger partial charge in [0, 0.05) is 29.7 Å². The van der Waals surface area contributed by atoms with Gasteiger partial charge in [0.2, 0.25) is 5.91 Å². The Labute approximate surface area is 192 Å². The van der Waals surface area contributed by atoms with Crippen LogP contribution in [0.25, 0.3) is 10.9 Å². The Morgan fingerprint density at radius 1 is 1.06 bits per heavy atom. The molecule has 3 rings (SSSR count). The highest BCUT2D eigenvalue weighted by atomic mass is 31.2. The third-order valence-corrected chi connectivity index (χ3v) is 6.81. The van der Waals surface area contributed by atoms with Gasteiger partial charge in [-0.2, -0.15) is 0 Å². The maximum atomic E-state index is 13.0. The lowest BCUT2D eigenvalue weighted by Gasteiger charge is -2.31. The molecule has 0 radical (unpaired) electrons. The number of amides is 1. The minimum Gasteiger partial charge on any atom is -0.788 e. The number of benzene rings is 2. The molecule has 0 aliphatic carbocycles. The second kappa shape index (κ2) is 10.8. The summed E-state index contributed by atoms with van der Waals surface area (Å²) in [7, 11) is -4.15. The van der Waals surface area contributed by atoms with E-state index in [0.29, 0.717) is 5.56 Å². The molecule has 33 heavy (non-hydrogen) atoms. The predicted molar refractivity (Wildman–Crippen MR) is 126 cm³/mol. The predicted octanol–water partition coefficient (Wildman–Crippen LogP) is 3.04. The summed E-state index contributed by atoms with van der Waals surface area (Å²) in [6, 6.07) is 13.9. The number of carboxylic acids is 1. The minimum absolute atomic E-state index is 0.0156. The Morgan fingerprint density at radius 3 is 2.39 bits per heavy atom. The van der Waals surface area contributed by atoms with Crippen LogP contribution in [0.1, 0.15) is 31.4 Å². The number of carbonyl (C=O) groups is 2. The van der Waals surface area contributed by atoms with E-state index in [0.717, 1.165) is 16.5 Å². The van der Waals surface area contributed by atoms with Crippen molar-refractivity contribution < 1.29 is 24.2 Å². The highest BCUT2D eigenvalue weighted by Crippen LogP contribution is 2.36. The lowest BCUT2D eigenvalue weighted by molar-refractivity contribution is -0.180. The van der Waals surface area contributed by atoms with Crippen molar-refractivity contribution >= 4 is 30.3 Å². The van der Waals surface area contributed by atoms with Crippen molar-refractivity contribution in [3.05, 3.63) is 71.9 Å². The highest BCUT2D eigenvalue weighted by molar-refractivity contribution is 7.53. The minimum atomic E-state index is -4.15. The fraction of sp³-hybridized carbons (Fsp3) is 0.333. The third-order valence-electron chi connectivity index (χ3n) is 5.32. The molecular weight excluding hydrogens is 441 g/mol. The summed E-state index contributed by atoms with van der Waals surface area (Å²) in [6.45, 7) is 3.74. The van der Waals surface area contributed by atoms with Crippen LogP contribution in [0.3, 0.4) is 0 Å². The number of aliphatic carboxylic acids is 1. The van der Waals surface area contributed by atoms with Crippen molar-refractivity contribution in [2.24, 2.45) is 5.92 Å². The van der Waals surface area contributed by atoms with E-state index in [9.17, 15) is 24.2 Å². The van der Waals surface area contributed by atoms with E-state index in [2.05, 4.69) is 15.4 Å². The molecule has 0 bridgehead atoms. The van der Waals surface area contributed by atoms with E-state index < -0.39 is 31.5 Å². The van der Waals surface area contributed by atoms with Crippen molar-refractivity contribution in [3.8, 4) is 0 Å². The first-order valence-electron chi connectivity index (χ1n) is 10.8. The van der Waals surface area contributed by atoms with Crippen LogP contribution in [-0.2, 0) is 26.7 Å². The Bertz CT molecular complexity index is 1150. The van der Waals surface area contributed by atoms with E-state index >= 15 is 0 Å². The van der Waals surface area contributed by atoms with Gasteiger partial charge >= 0.3 is 5.97 Å². The van der Waals surface area contributed by atoms with Gasteiger partial charge < -0.3 is 24.9 Å². The van der Waals surface area contributed by atoms with Crippen LogP contribution in [-0.4, -0.2) is 34.1 Å². The van der Waals surface area contributed by atoms with Gasteiger partial charge in [0.15, 0.2) is 0 Å². The van der Waals surface area contributed by atoms with E-state index in [1.807, 2.05) is 38.1 Å². The van der Waals surface area contributed by atoms with Crippen molar-refractivity contribution in [1.29, 1.82) is 0 Å². The van der Waals surface area contributed by atoms with E-state index in [4.69, 9.17) is 0 Å². The molecule has 9 heteroatoms. The number of fused-ring (bicyclic) bond motifs is 1. The number of nitrogens with one attached hydrogen (secondary N) is 3. The number of hydrogen-bond donors (Lipinski definition) is 4. The first-order valence-corrected chi connectivity index (χ1v) is 12.7. The van der Waals surface area contributed by atoms with E-state index in [1.165, 1.54) is 0 Å². The summed E-state index contributed by atoms with van der Waals surface area (Å²) in [5.41, 5.74) is 2.23. The molecule has 0 aliphatic heterocycles. The van der Waals surface area contributed by atoms with Gasteiger partial charge in [-0.3, -0.25) is 9.88 Å². The van der Waals surface area contributed by atoms with Gasteiger partial charge in [0.05, 0.1) is 13.6 Å². The number of aromatic amines is 1. The van der Waals surface area contributed by atoms with Gasteiger partial charge in [-0.15, -0.1) is 0 Å². The lowest BCUT2D eigenvalue weighted by atomic mass is 10.0. The van der Waals surface area contributed by atoms with E-state index in [-0.39, 0.29) is 24.9 Å². The maximum absolute atomic E-state index is 13.0. The van der Waals surface area contributed by atoms with Crippen LogP contribution in [0, 0.1) is 5.92 Å². The van der Waals surface area contributed by atoms with Crippen LogP contribution in [0.4, 0.5) is 0 Å². The van der Waals surface area contributed by atoms with Crippen molar-refractivity contribution in [2.45, 2.75) is 44.9 Å². The van der Waals surface area contributed by atoms with Gasteiger partial charge in [0.1, 0.15) is 6.04 Å². The summed E-state index contributed by atoms with van der Waals surface area (Å²) in [4.78, 5) is 40.7. The smallest absolute Gasteiger partial charge is 0.326 e. The zero-order chi connectivity index (χ0) is 24.0. The van der Waals surface area contributed by atoms with Gasteiger partial charge in [-0.1, -0.05) is 62.4 Å².